The molecule has 1 atom stereocenters. The Bertz CT molecular complexity index is 1110. The first kappa shape index (κ1) is 20.8. The molecule has 0 aliphatic carbocycles. The summed E-state index contributed by atoms with van der Waals surface area (Å²) in [6.45, 7) is 10.8. The minimum absolute atomic E-state index is 0.0704. The van der Waals surface area contributed by atoms with E-state index in [1.807, 2.05) is 45.0 Å². The highest BCUT2D eigenvalue weighted by Gasteiger charge is 2.25. The number of aryl methyl sites for hydroxylation is 2. The van der Waals surface area contributed by atoms with E-state index < -0.39 is 0 Å². The van der Waals surface area contributed by atoms with Crippen LogP contribution in [0.4, 0.5) is 0 Å². The monoisotopic (exact) mass is 425 g/mol. The first-order valence-corrected chi connectivity index (χ1v) is 10.9. The molecular formula is C23H28ClN5O. The fraction of sp³-hybridized carbons (Fsp3) is 0.435. The van der Waals surface area contributed by atoms with Crippen molar-refractivity contribution in [1.82, 2.24) is 25.0 Å². The van der Waals surface area contributed by atoms with Crippen molar-refractivity contribution in [3.63, 3.8) is 0 Å². The number of amides is 1. The second-order valence-corrected chi connectivity index (χ2v) is 8.43. The van der Waals surface area contributed by atoms with Crippen LogP contribution in [0.15, 0.2) is 24.3 Å². The van der Waals surface area contributed by atoms with Crippen LogP contribution in [0.1, 0.15) is 47.1 Å². The van der Waals surface area contributed by atoms with Gasteiger partial charge < -0.3 is 5.32 Å². The highest BCUT2D eigenvalue weighted by molar-refractivity contribution is 6.31. The molecule has 1 N–H and O–H groups in total. The van der Waals surface area contributed by atoms with Crippen molar-refractivity contribution in [2.45, 2.75) is 46.6 Å². The molecule has 158 valence electrons. The summed E-state index contributed by atoms with van der Waals surface area (Å²) in [5.74, 6) is -0.0704. The molecular weight excluding hydrogens is 398 g/mol. The molecule has 1 unspecified atom stereocenters. The number of likely N-dealkylation sites (tertiary alicyclic amines) is 1. The van der Waals surface area contributed by atoms with E-state index in [-0.39, 0.29) is 5.91 Å². The van der Waals surface area contributed by atoms with Crippen LogP contribution in [0.25, 0.3) is 16.7 Å². The maximum absolute atomic E-state index is 13.2. The number of pyridine rings is 1. The van der Waals surface area contributed by atoms with E-state index in [2.05, 4.69) is 17.1 Å². The van der Waals surface area contributed by atoms with Gasteiger partial charge in [-0.3, -0.25) is 9.69 Å². The number of nitrogens with one attached hydrogen (secondary N) is 1. The van der Waals surface area contributed by atoms with Gasteiger partial charge in [-0.2, -0.15) is 5.10 Å². The summed E-state index contributed by atoms with van der Waals surface area (Å²) in [5.41, 5.74) is 4.66. The third-order valence-corrected chi connectivity index (χ3v) is 6.47. The minimum Gasteiger partial charge on any atom is -0.350 e. The Kier molecular flexibility index (Phi) is 5.80. The van der Waals surface area contributed by atoms with Crippen LogP contribution in [0.2, 0.25) is 5.02 Å². The summed E-state index contributed by atoms with van der Waals surface area (Å²) in [7, 11) is 0. The van der Waals surface area contributed by atoms with Crippen molar-refractivity contribution in [3.8, 4) is 5.69 Å². The third kappa shape index (κ3) is 3.70. The Labute approximate surface area is 182 Å². The standard InChI is InChI=1S/C23H28ClN5O/c1-5-28-11-7-8-17(28)13-25-23(30)18-12-14(2)26-22-21(18)16(4)27-29(22)20-10-6-9-19(24)15(20)3/h6,9-10,12,17H,5,7-8,11,13H2,1-4H3,(H,25,30). The lowest BCUT2D eigenvalue weighted by molar-refractivity contribution is 0.0943. The molecule has 1 aliphatic heterocycles. The molecule has 2 aromatic heterocycles. The molecule has 0 spiro atoms. The Morgan fingerprint density at radius 2 is 2.10 bits per heavy atom. The number of halogens is 1. The number of nitrogens with zero attached hydrogens (tertiary/aromatic N) is 4. The van der Waals surface area contributed by atoms with E-state index in [1.165, 1.54) is 6.42 Å². The number of benzene rings is 1. The molecule has 3 heterocycles. The summed E-state index contributed by atoms with van der Waals surface area (Å²) in [4.78, 5) is 20.3. The number of rotatable bonds is 5. The third-order valence-electron chi connectivity index (χ3n) is 6.06. The zero-order valence-corrected chi connectivity index (χ0v) is 18.8. The molecule has 0 saturated carbocycles. The summed E-state index contributed by atoms with van der Waals surface area (Å²) in [6, 6.07) is 8.00. The lowest BCUT2D eigenvalue weighted by atomic mass is 10.1. The van der Waals surface area contributed by atoms with E-state index >= 15 is 0 Å². The smallest absolute Gasteiger partial charge is 0.252 e. The van der Waals surface area contributed by atoms with E-state index in [9.17, 15) is 4.79 Å². The number of carbonyl (C=O) groups is 1. The zero-order valence-electron chi connectivity index (χ0n) is 18.0. The summed E-state index contributed by atoms with van der Waals surface area (Å²) in [6.07, 6.45) is 2.32. The quantitative estimate of drug-likeness (QED) is 0.665. The minimum atomic E-state index is -0.0704. The summed E-state index contributed by atoms with van der Waals surface area (Å²) < 4.78 is 1.80. The van der Waals surface area contributed by atoms with Crippen molar-refractivity contribution in [3.05, 3.63) is 51.8 Å². The van der Waals surface area contributed by atoms with E-state index in [4.69, 9.17) is 21.7 Å². The molecule has 3 aromatic rings. The molecule has 30 heavy (non-hydrogen) atoms. The molecule has 1 saturated heterocycles. The lowest BCUT2D eigenvalue weighted by Gasteiger charge is -2.23. The van der Waals surface area contributed by atoms with Crippen LogP contribution >= 0.6 is 11.6 Å². The predicted molar refractivity (Wildman–Crippen MR) is 121 cm³/mol. The number of hydrogen-bond donors (Lipinski definition) is 1. The molecule has 4 rings (SSSR count). The zero-order chi connectivity index (χ0) is 21.4. The van der Waals surface area contributed by atoms with Gasteiger partial charge in [-0.25, -0.2) is 9.67 Å². The van der Waals surface area contributed by atoms with Gasteiger partial charge in [0.15, 0.2) is 5.65 Å². The number of aromatic nitrogens is 3. The van der Waals surface area contributed by atoms with Crippen LogP contribution in [-0.2, 0) is 0 Å². The largest absolute Gasteiger partial charge is 0.350 e. The van der Waals surface area contributed by atoms with Gasteiger partial charge in [-0.15, -0.1) is 0 Å². The van der Waals surface area contributed by atoms with Crippen molar-refractivity contribution < 1.29 is 4.79 Å². The highest BCUT2D eigenvalue weighted by Crippen LogP contribution is 2.28. The number of hydrogen-bond acceptors (Lipinski definition) is 4. The van der Waals surface area contributed by atoms with Crippen molar-refractivity contribution >= 4 is 28.5 Å². The molecule has 6 nitrogen and oxygen atoms in total. The van der Waals surface area contributed by atoms with Crippen LogP contribution in [0.5, 0.6) is 0 Å². The van der Waals surface area contributed by atoms with Gasteiger partial charge >= 0.3 is 0 Å². The average molecular weight is 426 g/mol. The normalized spacial score (nSPS) is 17.0. The SMILES string of the molecule is CCN1CCCC1CNC(=O)c1cc(C)nc2c1c(C)nn2-c1cccc(Cl)c1C. The van der Waals surface area contributed by atoms with Crippen molar-refractivity contribution in [2.75, 3.05) is 19.6 Å². The fourth-order valence-corrected chi connectivity index (χ4v) is 4.60. The van der Waals surface area contributed by atoms with Crippen LogP contribution in [-0.4, -0.2) is 51.2 Å². The average Bonchev–Trinajstić information content (AvgIpc) is 3.31. The van der Waals surface area contributed by atoms with Crippen LogP contribution < -0.4 is 5.32 Å². The second-order valence-electron chi connectivity index (χ2n) is 8.03. The Morgan fingerprint density at radius 3 is 2.87 bits per heavy atom. The predicted octanol–water partition coefficient (Wildman–Crippen LogP) is 4.21. The molecule has 1 aromatic carbocycles. The van der Waals surface area contributed by atoms with Gasteiger partial charge in [0.2, 0.25) is 0 Å². The number of likely N-dealkylation sites (N-methyl/N-ethyl adjacent to an activating group) is 1. The van der Waals surface area contributed by atoms with E-state index in [0.717, 1.165) is 47.5 Å². The maximum atomic E-state index is 13.2. The van der Waals surface area contributed by atoms with Gasteiger partial charge in [-0.1, -0.05) is 24.6 Å². The van der Waals surface area contributed by atoms with Crippen molar-refractivity contribution in [2.24, 2.45) is 0 Å². The Morgan fingerprint density at radius 1 is 1.30 bits per heavy atom. The molecule has 1 aliphatic rings. The first-order valence-electron chi connectivity index (χ1n) is 10.6. The van der Waals surface area contributed by atoms with Crippen molar-refractivity contribution in [1.29, 1.82) is 0 Å². The number of carbonyl (C=O) groups excluding carboxylic acids is 1. The highest BCUT2D eigenvalue weighted by atomic mass is 35.5. The van der Waals surface area contributed by atoms with E-state index in [1.54, 1.807) is 4.68 Å². The molecule has 0 bridgehead atoms. The number of fused-ring (bicyclic) bond motifs is 1. The Balaban J connectivity index is 1.72. The van der Waals surface area contributed by atoms with E-state index in [0.29, 0.717) is 28.8 Å². The Hall–Kier alpha value is -2.44. The van der Waals surface area contributed by atoms with Gasteiger partial charge in [0.1, 0.15) is 0 Å². The van der Waals surface area contributed by atoms with Gasteiger partial charge in [0, 0.05) is 23.3 Å². The van der Waals surface area contributed by atoms with Gasteiger partial charge in [-0.05, 0) is 70.5 Å². The first-order chi connectivity index (χ1) is 14.4. The summed E-state index contributed by atoms with van der Waals surface area (Å²) in [5, 5.41) is 9.34. The molecule has 7 heteroatoms. The molecule has 1 amide bonds. The van der Waals surface area contributed by atoms with Crippen LogP contribution in [0, 0.1) is 20.8 Å². The summed E-state index contributed by atoms with van der Waals surface area (Å²) >= 11 is 6.33. The van der Waals surface area contributed by atoms with Gasteiger partial charge in [0.25, 0.3) is 5.91 Å². The maximum Gasteiger partial charge on any atom is 0.252 e. The topological polar surface area (TPSA) is 63.1 Å². The molecule has 1 fully saturated rings. The van der Waals surface area contributed by atoms with Gasteiger partial charge in [0.05, 0.1) is 22.3 Å². The second kappa shape index (κ2) is 8.36. The molecule has 0 radical (unpaired) electrons. The lowest BCUT2D eigenvalue weighted by Crippen LogP contribution is -2.40. The van der Waals surface area contributed by atoms with Crippen LogP contribution in [0.3, 0.4) is 0 Å². The fourth-order valence-electron chi connectivity index (χ4n) is 4.43.